The molecule has 5 nitrogen and oxygen atoms in total. The lowest BCUT2D eigenvalue weighted by Gasteiger charge is -2.10. The van der Waals surface area contributed by atoms with E-state index in [-0.39, 0.29) is 18.9 Å². The Kier molecular flexibility index (Phi) is 4.57. The maximum absolute atomic E-state index is 12.5. The lowest BCUT2D eigenvalue weighted by atomic mass is 10.3. The Labute approximate surface area is 97.0 Å². The fraction of sp³-hybridized carbons (Fsp3) is 0.500. The van der Waals surface area contributed by atoms with Gasteiger partial charge in [0.2, 0.25) is 9.05 Å². The second-order valence-corrected chi connectivity index (χ2v) is 5.98. The number of aromatic nitrogens is 2. The van der Waals surface area contributed by atoms with Gasteiger partial charge in [0.1, 0.15) is 11.1 Å². The standard InChI is InChI=1S/C8H10ClFN2O3S/c1-15-5-7(16(9,13)14)2-8-11-3-6(10)4-12-8/h3-4,7H,2,5H2,1H3. The van der Waals surface area contributed by atoms with Crippen molar-refractivity contribution >= 4 is 19.7 Å². The van der Waals surface area contributed by atoms with Crippen LogP contribution in [0.1, 0.15) is 5.82 Å². The summed E-state index contributed by atoms with van der Waals surface area (Å²) in [4.78, 5) is 7.30. The van der Waals surface area contributed by atoms with Crippen molar-refractivity contribution in [2.45, 2.75) is 11.7 Å². The summed E-state index contributed by atoms with van der Waals surface area (Å²) < 4.78 is 39.5. The van der Waals surface area contributed by atoms with Crippen LogP contribution in [0.3, 0.4) is 0 Å². The van der Waals surface area contributed by atoms with Crippen molar-refractivity contribution in [2.75, 3.05) is 13.7 Å². The van der Waals surface area contributed by atoms with Crippen LogP contribution >= 0.6 is 10.7 Å². The van der Waals surface area contributed by atoms with Gasteiger partial charge in [-0.2, -0.15) is 0 Å². The zero-order valence-corrected chi connectivity index (χ0v) is 10.0. The second kappa shape index (κ2) is 5.51. The van der Waals surface area contributed by atoms with Crippen molar-refractivity contribution in [2.24, 2.45) is 0 Å². The Bertz CT molecular complexity index is 437. The van der Waals surface area contributed by atoms with Crippen molar-refractivity contribution < 1.29 is 17.5 Å². The van der Waals surface area contributed by atoms with Crippen molar-refractivity contribution in [3.8, 4) is 0 Å². The number of methoxy groups -OCH3 is 1. The highest BCUT2D eigenvalue weighted by Gasteiger charge is 2.24. The van der Waals surface area contributed by atoms with Gasteiger partial charge < -0.3 is 4.74 Å². The average molecular weight is 269 g/mol. The molecule has 0 saturated heterocycles. The molecule has 0 fully saturated rings. The third kappa shape index (κ3) is 3.99. The Morgan fingerprint density at radius 1 is 1.50 bits per heavy atom. The Balaban J connectivity index is 2.80. The normalized spacial score (nSPS) is 13.7. The molecule has 0 aliphatic heterocycles. The Hall–Kier alpha value is -0.790. The van der Waals surface area contributed by atoms with Crippen molar-refractivity contribution in [3.05, 3.63) is 24.0 Å². The summed E-state index contributed by atoms with van der Waals surface area (Å²) in [6, 6.07) is 0. The van der Waals surface area contributed by atoms with E-state index in [1.807, 2.05) is 0 Å². The van der Waals surface area contributed by atoms with E-state index >= 15 is 0 Å². The number of nitrogens with zero attached hydrogens (tertiary/aromatic N) is 2. The topological polar surface area (TPSA) is 69.2 Å². The van der Waals surface area contributed by atoms with Gasteiger partial charge in [-0.3, -0.25) is 0 Å². The van der Waals surface area contributed by atoms with Gasteiger partial charge in [-0.25, -0.2) is 22.8 Å². The van der Waals surface area contributed by atoms with Crippen LogP contribution in [0.5, 0.6) is 0 Å². The van der Waals surface area contributed by atoms with Crippen LogP contribution in [0, 0.1) is 5.82 Å². The molecule has 16 heavy (non-hydrogen) atoms. The highest BCUT2D eigenvalue weighted by atomic mass is 35.7. The minimum absolute atomic E-state index is 0.0139. The van der Waals surface area contributed by atoms with Crippen LogP contribution in [-0.4, -0.2) is 37.4 Å². The minimum Gasteiger partial charge on any atom is -0.383 e. The summed E-state index contributed by atoms with van der Waals surface area (Å²) in [5.41, 5.74) is 0. The summed E-state index contributed by atoms with van der Waals surface area (Å²) in [5.74, 6) is -0.381. The van der Waals surface area contributed by atoms with E-state index in [0.717, 1.165) is 12.4 Å². The fourth-order valence-electron chi connectivity index (χ4n) is 1.07. The first-order chi connectivity index (χ1) is 7.43. The maximum Gasteiger partial charge on any atom is 0.238 e. The largest absolute Gasteiger partial charge is 0.383 e. The molecule has 0 aliphatic carbocycles. The van der Waals surface area contributed by atoms with Gasteiger partial charge in [-0.05, 0) is 0 Å². The summed E-state index contributed by atoms with van der Waals surface area (Å²) >= 11 is 0. The van der Waals surface area contributed by atoms with Gasteiger partial charge >= 0.3 is 0 Å². The zero-order valence-electron chi connectivity index (χ0n) is 8.43. The summed E-state index contributed by atoms with van der Waals surface area (Å²) in [5, 5.41) is -0.940. The maximum atomic E-state index is 12.5. The highest BCUT2D eigenvalue weighted by Crippen LogP contribution is 2.12. The molecule has 0 bridgehead atoms. The zero-order chi connectivity index (χ0) is 12.2. The summed E-state index contributed by atoms with van der Waals surface area (Å²) in [6.07, 6.45) is 1.92. The van der Waals surface area contributed by atoms with E-state index < -0.39 is 20.1 Å². The molecule has 1 aromatic heterocycles. The van der Waals surface area contributed by atoms with Crippen LogP contribution in [-0.2, 0) is 20.2 Å². The molecule has 0 saturated carbocycles. The lowest BCUT2D eigenvalue weighted by molar-refractivity contribution is 0.196. The minimum atomic E-state index is -3.76. The molecule has 90 valence electrons. The molecule has 1 aromatic rings. The first-order valence-corrected chi connectivity index (χ1v) is 6.69. The quantitative estimate of drug-likeness (QED) is 0.737. The lowest BCUT2D eigenvalue weighted by Crippen LogP contribution is -2.25. The Morgan fingerprint density at radius 3 is 2.50 bits per heavy atom. The van der Waals surface area contributed by atoms with Gasteiger partial charge in [0.15, 0.2) is 5.82 Å². The van der Waals surface area contributed by atoms with E-state index in [2.05, 4.69) is 9.97 Å². The molecule has 0 aromatic carbocycles. The van der Waals surface area contributed by atoms with Crippen LogP contribution in [0.4, 0.5) is 4.39 Å². The molecule has 0 amide bonds. The molecule has 0 aliphatic rings. The highest BCUT2D eigenvalue weighted by molar-refractivity contribution is 8.14. The van der Waals surface area contributed by atoms with E-state index in [9.17, 15) is 12.8 Å². The van der Waals surface area contributed by atoms with Crippen LogP contribution in [0.2, 0.25) is 0 Å². The molecule has 0 radical (unpaired) electrons. The van der Waals surface area contributed by atoms with Crippen molar-refractivity contribution in [1.82, 2.24) is 9.97 Å². The summed E-state index contributed by atoms with van der Waals surface area (Å²) in [7, 11) is 2.82. The third-order valence-corrected chi connectivity index (χ3v) is 3.69. The van der Waals surface area contributed by atoms with Crippen LogP contribution in [0.25, 0.3) is 0 Å². The molecule has 8 heteroatoms. The smallest absolute Gasteiger partial charge is 0.238 e. The fourth-order valence-corrected chi connectivity index (χ4v) is 2.06. The van der Waals surface area contributed by atoms with Gasteiger partial charge in [0, 0.05) is 24.2 Å². The molecule has 1 rings (SSSR count). The van der Waals surface area contributed by atoms with E-state index in [0.29, 0.717) is 0 Å². The number of rotatable bonds is 5. The molecule has 0 spiro atoms. The molecular weight excluding hydrogens is 259 g/mol. The van der Waals surface area contributed by atoms with E-state index in [1.165, 1.54) is 7.11 Å². The van der Waals surface area contributed by atoms with Crippen LogP contribution in [0.15, 0.2) is 12.4 Å². The predicted octanol–water partition coefficient (Wildman–Crippen LogP) is 0.742. The van der Waals surface area contributed by atoms with Gasteiger partial charge in [-0.1, -0.05) is 0 Å². The third-order valence-electron chi connectivity index (χ3n) is 1.83. The molecule has 1 unspecified atom stereocenters. The average Bonchev–Trinajstić information content (AvgIpc) is 2.19. The summed E-state index contributed by atoms with van der Waals surface area (Å²) in [6.45, 7) is -0.0629. The predicted molar refractivity (Wildman–Crippen MR) is 56.1 cm³/mol. The SMILES string of the molecule is COCC(Cc1ncc(F)cn1)S(=O)(=O)Cl. The number of hydrogen-bond donors (Lipinski definition) is 0. The van der Waals surface area contributed by atoms with Crippen molar-refractivity contribution in [1.29, 1.82) is 0 Å². The first kappa shape index (κ1) is 13.3. The second-order valence-electron chi connectivity index (χ2n) is 3.07. The van der Waals surface area contributed by atoms with E-state index in [4.69, 9.17) is 15.4 Å². The van der Waals surface area contributed by atoms with Gasteiger partial charge in [-0.15, -0.1) is 0 Å². The number of hydrogen-bond acceptors (Lipinski definition) is 5. The molecular formula is C8H10ClFN2O3S. The van der Waals surface area contributed by atoms with Crippen LogP contribution < -0.4 is 0 Å². The number of ether oxygens (including phenoxy) is 1. The number of halogens is 2. The van der Waals surface area contributed by atoms with Gasteiger partial charge in [0.05, 0.1) is 19.0 Å². The molecule has 0 N–H and O–H groups in total. The monoisotopic (exact) mass is 268 g/mol. The van der Waals surface area contributed by atoms with E-state index in [1.54, 1.807) is 0 Å². The molecule has 1 heterocycles. The Morgan fingerprint density at radius 2 is 2.06 bits per heavy atom. The van der Waals surface area contributed by atoms with Crippen molar-refractivity contribution in [3.63, 3.8) is 0 Å². The van der Waals surface area contributed by atoms with Gasteiger partial charge in [0.25, 0.3) is 0 Å². The first-order valence-electron chi connectivity index (χ1n) is 4.32. The molecule has 1 atom stereocenters.